The van der Waals surface area contributed by atoms with Crippen molar-refractivity contribution in [3.8, 4) is 0 Å². The van der Waals surface area contributed by atoms with Gasteiger partial charge >= 0.3 is 0 Å². The average molecular weight is 296 g/mol. The third-order valence-electron chi connectivity index (χ3n) is 5.34. The molecule has 3 nitrogen and oxygen atoms in total. The Hall–Kier alpha value is -0.120. The fourth-order valence-electron chi connectivity index (χ4n) is 3.96. The van der Waals surface area contributed by atoms with Crippen LogP contribution in [0.4, 0.5) is 0 Å². The molecule has 2 saturated heterocycles. The van der Waals surface area contributed by atoms with Crippen LogP contribution in [0.5, 0.6) is 0 Å². The van der Waals surface area contributed by atoms with Crippen molar-refractivity contribution in [2.24, 2.45) is 5.92 Å². The van der Waals surface area contributed by atoms with Crippen LogP contribution in [0.3, 0.4) is 0 Å². The monoisotopic (exact) mass is 295 g/mol. The normalized spacial score (nSPS) is 23.7. The molecule has 0 aromatic heterocycles. The molecule has 3 heteroatoms. The Morgan fingerprint density at radius 3 is 2.38 bits per heavy atom. The first kappa shape index (κ1) is 17.2. The lowest BCUT2D eigenvalue weighted by Gasteiger charge is -2.33. The second-order valence-electron chi connectivity index (χ2n) is 7.25. The van der Waals surface area contributed by atoms with Crippen LogP contribution >= 0.6 is 0 Å². The van der Waals surface area contributed by atoms with Gasteiger partial charge in [-0.3, -0.25) is 0 Å². The van der Waals surface area contributed by atoms with E-state index in [1.165, 1.54) is 84.2 Å². The van der Waals surface area contributed by atoms with Crippen molar-refractivity contribution in [3.63, 3.8) is 0 Å². The van der Waals surface area contributed by atoms with E-state index >= 15 is 0 Å². The fourth-order valence-corrected chi connectivity index (χ4v) is 3.96. The lowest BCUT2D eigenvalue weighted by Crippen LogP contribution is -2.38. The highest BCUT2D eigenvalue weighted by Gasteiger charge is 2.22. The molecule has 0 aliphatic carbocycles. The number of likely N-dealkylation sites (tertiary alicyclic amines) is 2. The van der Waals surface area contributed by atoms with Gasteiger partial charge < -0.3 is 15.1 Å². The molecular formula is C18H37N3. The predicted octanol–water partition coefficient (Wildman–Crippen LogP) is 2.96. The molecule has 2 fully saturated rings. The molecule has 2 aliphatic heterocycles. The van der Waals surface area contributed by atoms with E-state index < -0.39 is 0 Å². The molecule has 0 saturated carbocycles. The molecule has 1 N–H and O–H groups in total. The maximum Gasteiger partial charge on any atom is 0.00386 e. The van der Waals surface area contributed by atoms with Gasteiger partial charge in [0.2, 0.25) is 0 Å². The van der Waals surface area contributed by atoms with E-state index in [1.807, 2.05) is 0 Å². The van der Waals surface area contributed by atoms with Crippen molar-refractivity contribution in [1.82, 2.24) is 15.1 Å². The highest BCUT2D eigenvalue weighted by atomic mass is 15.2. The van der Waals surface area contributed by atoms with Gasteiger partial charge in [-0.05, 0) is 90.6 Å². The number of rotatable bonds is 9. The van der Waals surface area contributed by atoms with Crippen LogP contribution in [0.15, 0.2) is 0 Å². The highest BCUT2D eigenvalue weighted by molar-refractivity contribution is 4.77. The number of hydrogen-bond acceptors (Lipinski definition) is 3. The van der Waals surface area contributed by atoms with Gasteiger partial charge in [-0.25, -0.2) is 0 Å². The summed E-state index contributed by atoms with van der Waals surface area (Å²) in [6, 6.07) is 0.696. The predicted molar refractivity (Wildman–Crippen MR) is 91.8 cm³/mol. The molecule has 2 heterocycles. The Bertz CT molecular complexity index is 255. The summed E-state index contributed by atoms with van der Waals surface area (Å²) in [7, 11) is 0. The average Bonchev–Trinajstić information content (AvgIpc) is 2.98. The van der Waals surface area contributed by atoms with Gasteiger partial charge in [0.15, 0.2) is 0 Å². The highest BCUT2D eigenvalue weighted by Crippen LogP contribution is 2.21. The zero-order chi connectivity index (χ0) is 14.9. The van der Waals surface area contributed by atoms with Crippen molar-refractivity contribution in [2.75, 3.05) is 45.8 Å². The summed E-state index contributed by atoms with van der Waals surface area (Å²) in [5.74, 6) is 0.980. The molecule has 2 rings (SSSR count). The van der Waals surface area contributed by atoms with Crippen molar-refractivity contribution >= 4 is 0 Å². The SMILES string of the molecule is CCNC(C)CCCCN1CCC(CN2CCCC2)CC1. The van der Waals surface area contributed by atoms with Gasteiger partial charge in [0, 0.05) is 12.6 Å². The van der Waals surface area contributed by atoms with Crippen LogP contribution in [0, 0.1) is 5.92 Å². The van der Waals surface area contributed by atoms with E-state index in [9.17, 15) is 0 Å². The molecule has 1 atom stereocenters. The summed E-state index contributed by atoms with van der Waals surface area (Å²) in [4.78, 5) is 5.40. The molecule has 0 amide bonds. The summed E-state index contributed by atoms with van der Waals surface area (Å²) < 4.78 is 0. The van der Waals surface area contributed by atoms with E-state index in [0.29, 0.717) is 6.04 Å². The number of unbranched alkanes of at least 4 members (excludes halogenated alkanes) is 1. The minimum atomic E-state index is 0.696. The Kier molecular flexibility index (Phi) is 8.05. The smallest absolute Gasteiger partial charge is 0.00386 e. The molecule has 0 bridgehead atoms. The lowest BCUT2D eigenvalue weighted by atomic mass is 9.96. The molecular weight excluding hydrogens is 258 g/mol. The number of piperidine rings is 1. The Labute approximate surface area is 132 Å². The van der Waals surface area contributed by atoms with Crippen molar-refractivity contribution in [2.45, 2.75) is 64.8 Å². The largest absolute Gasteiger partial charge is 0.315 e. The van der Waals surface area contributed by atoms with Gasteiger partial charge in [-0.15, -0.1) is 0 Å². The maximum absolute atomic E-state index is 3.51. The second-order valence-corrected chi connectivity index (χ2v) is 7.25. The Morgan fingerprint density at radius 1 is 1.00 bits per heavy atom. The summed E-state index contributed by atoms with van der Waals surface area (Å²) in [5, 5.41) is 3.51. The van der Waals surface area contributed by atoms with Crippen molar-refractivity contribution in [1.29, 1.82) is 0 Å². The van der Waals surface area contributed by atoms with Crippen LogP contribution < -0.4 is 5.32 Å². The number of nitrogens with one attached hydrogen (secondary N) is 1. The van der Waals surface area contributed by atoms with Gasteiger partial charge in [0.1, 0.15) is 0 Å². The van der Waals surface area contributed by atoms with Gasteiger partial charge in [0.05, 0.1) is 0 Å². The zero-order valence-electron chi connectivity index (χ0n) is 14.4. The first-order valence-electron chi connectivity index (χ1n) is 9.46. The molecule has 0 aromatic rings. The number of hydrogen-bond donors (Lipinski definition) is 1. The van der Waals surface area contributed by atoms with Gasteiger partial charge in [-0.2, -0.15) is 0 Å². The molecule has 0 spiro atoms. The van der Waals surface area contributed by atoms with E-state index in [-0.39, 0.29) is 0 Å². The van der Waals surface area contributed by atoms with Crippen LogP contribution in [0.2, 0.25) is 0 Å². The first-order chi connectivity index (χ1) is 10.3. The van der Waals surface area contributed by atoms with Gasteiger partial charge in [-0.1, -0.05) is 13.3 Å². The Balaban J connectivity index is 1.48. The molecule has 21 heavy (non-hydrogen) atoms. The van der Waals surface area contributed by atoms with E-state index in [1.54, 1.807) is 0 Å². The van der Waals surface area contributed by atoms with Crippen molar-refractivity contribution in [3.05, 3.63) is 0 Å². The van der Waals surface area contributed by atoms with E-state index in [0.717, 1.165) is 12.5 Å². The fraction of sp³-hybridized carbons (Fsp3) is 1.00. The summed E-state index contributed by atoms with van der Waals surface area (Å²) >= 11 is 0. The molecule has 2 aliphatic rings. The molecule has 0 aromatic carbocycles. The summed E-state index contributed by atoms with van der Waals surface area (Å²) in [6.45, 7) is 13.8. The van der Waals surface area contributed by atoms with Crippen LogP contribution in [0.1, 0.15) is 58.8 Å². The van der Waals surface area contributed by atoms with Crippen molar-refractivity contribution < 1.29 is 0 Å². The topological polar surface area (TPSA) is 18.5 Å². The quantitative estimate of drug-likeness (QED) is 0.660. The Morgan fingerprint density at radius 2 is 1.71 bits per heavy atom. The van der Waals surface area contributed by atoms with E-state index in [4.69, 9.17) is 0 Å². The number of nitrogens with zero attached hydrogens (tertiary/aromatic N) is 2. The first-order valence-corrected chi connectivity index (χ1v) is 9.46. The third kappa shape index (κ3) is 6.66. The molecule has 1 unspecified atom stereocenters. The van der Waals surface area contributed by atoms with Crippen LogP contribution in [-0.4, -0.2) is 61.7 Å². The lowest BCUT2D eigenvalue weighted by molar-refractivity contribution is 0.152. The van der Waals surface area contributed by atoms with Crippen LogP contribution in [0.25, 0.3) is 0 Å². The summed E-state index contributed by atoms with van der Waals surface area (Å²) in [6.07, 6.45) is 9.83. The molecule has 124 valence electrons. The van der Waals surface area contributed by atoms with E-state index in [2.05, 4.69) is 29.0 Å². The standard InChI is InChI=1S/C18H37N3/c1-3-19-17(2)8-4-5-11-20-14-9-18(10-15-20)16-21-12-6-7-13-21/h17-19H,3-16H2,1-2H3. The molecule has 0 radical (unpaired) electrons. The van der Waals surface area contributed by atoms with Crippen LogP contribution in [-0.2, 0) is 0 Å². The maximum atomic E-state index is 3.51. The zero-order valence-corrected chi connectivity index (χ0v) is 14.4. The third-order valence-corrected chi connectivity index (χ3v) is 5.34. The second kappa shape index (κ2) is 9.81. The minimum Gasteiger partial charge on any atom is -0.315 e. The van der Waals surface area contributed by atoms with Gasteiger partial charge in [0.25, 0.3) is 0 Å². The summed E-state index contributed by atoms with van der Waals surface area (Å²) in [5.41, 5.74) is 0. The minimum absolute atomic E-state index is 0.696.